The Labute approximate surface area is 127 Å². The second-order valence-electron chi connectivity index (χ2n) is 5.77. The predicted octanol–water partition coefficient (Wildman–Crippen LogP) is 6.02. The Morgan fingerprint density at radius 2 is 1.86 bits per heavy atom. The maximum Gasteiger partial charge on any atom is -0.000741 e. The van der Waals surface area contributed by atoms with Crippen LogP contribution in [0.5, 0.6) is 0 Å². The first-order valence-electron chi connectivity index (χ1n) is 7.79. The lowest BCUT2D eigenvalue weighted by atomic mass is 9.95. The van der Waals surface area contributed by atoms with E-state index in [2.05, 4.69) is 62.0 Å². The summed E-state index contributed by atoms with van der Waals surface area (Å²) >= 11 is 0. The molecule has 0 bridgehead atoms. The van der Waals surface area contributed by atoms with Crippen LogP contribution in [0.1, 0.15) is 42.9 Å². The molecule has 0 aliphatic heterocycles. The summed E-state index contributed by atoms with van der Waals surface area (Å²) in [6.45, 7) is 6.03. The molecule has 0 amide bonds. The maximum absolute atomic E-state index is 3.79. The fourth-order valence-electron chi connectivity index (χ4n) is 3.22. The zero-order chi connectivity index (χ0) is 14.7. The van der Waals surface area contributed by atoms with Gasteiger partial charge < -0.3 is 0 Å². The Hall–Kier alpha value is -2.08. The lowest BCUT2D eigenvalue weighted by Crippen LogP contribution is -1.90. The third-order valence-corrected chi connectivity index (χ3v) is 4.34. The molecule has 0 unspecified atom stereocenters. The quantitative estimate of drug-likeness (QED) is 0.394. The Morgan fingerprint density at radius 1 is 1.05 bits per heavy atom. The topological polar surface area (TPSA) is 0 Å². The van der Waals surface area contributed by atoms with Crippen LogP contribution in [0.2, 0.25) is 0 Å². The summed E-state index contributed by atoms with van der Waals surface area (Å²) in [5, 5.41) is 0. The van der Waals surface area contributed by atoms with E-state index in [4.69, 9.17) is 0 Å². The molecule has 1 aliphatic rings. The largest absolute Gasteiger partial charge is 0.103 e. The van der Waals surface area contributed by atoms with Crippen LogP contribution < -0.4 is 0 Å². The minimum Gasteiger partial charge on any atom is -0.103 e. The Kier molecular flexibility index (Phi) is 4.06. The van der Waals surface area contributed by atoms with Crippen LogP contribution in [0.15, 0.2) is 61.2 Å². The maximum atomic E-state index is 3.79. The molecule has 0 heterocycles. The van der Waals surface area contributed by atoms with E-state index in [1.807, 2.05) is 6.08 Å². The highest BCUT2D eigenvalue weighted by atomic mass is 14.2. The summed E-state index contributed by atoms with van der Waals surface area (Å²) in [7, 11) is 0. The number of benzene rings is 2. The van der Waals surface area contributed by atoms with Gasteiger partial charge in [0.05, 0.1) is 0 Å². The van der Waals surface area contributed by atoms with Gasteiger partial charge in [-0.1, -0.05) is 54.6 Å². The zero-order valence-electron chi connectivity index (χ0n) is 12.7. The Bertz CT molecular complexity index is 689. The number of hydrogen-bond donors (Lipinski definition) is 0. The van der Waals surface area contributed by atoms with Crippen molar-refractivity contribution in [3.8, 4) is 11.1 Å². The lowest BCUT2D eigenvalue weighted by Gasteiger charge is -2.09. The third kappa shape index (κ3) is 2.71. The van der Waals surface area contributed by atoms with Crippen molar-refractivity contribution in [3.63, 3.8) is 0 Å². The first kappa shape index (κ1) is 13.9. The zero-order valence-corrected chi connectivity index (χ0v) is 12.7. The van der Waals surface area contributed by atoms with Gasteiger partial charge in [0.1, 0.15) is 0 Å². The van der Waals surface area contributed by atoms with Crippen LogP contribution in [-0.4, -0.2) is 0 Å². The summed E-state index contributed by atoms with van der Waals surface area (Å²) in [6.07, 6.45) is 8.87. The van der Waals surface area contributed by atoms with E-state index in [1.54, 1.807) is 0 Å². The van der Waals surface area contributed by atoms with Gasteiger partial charge in [0, 0.05) is 0 Å². The summed E-state index contributed by atoms with van der Waals surface area (Å²) in [5.41, 5.74) is 8.61. The standard InChI is InChI=1S/C21H22/c1-3-4-5-6-10-16(2)18-13-9-14-20-19-12-8-7-11-17(19)15-21(18)20/h3,7-14H,1,4-6,15H2,2H3. The van der Waals surface area contributed by atoms with E-state index in [0.29, 0.717) is 0 Å². The second-order valence-corrected chi connectivity index (χ2v) is 5.77. The fraction of sp³-hybridized carbons (Fsp3) is 0.238. The molecule has 1 aliphatic carbocycles. The molecule has 0 nitrogen and oxygen atoms in total. The van der Waals surface area contributed by atoms with Crippen molar-refractivity contribution >= 4 is 5.57 Å². The van der Waals surface area contributed by atoms with E-state index in [0.717, 1.165) is 19.3 Å². The molecule has 21 heavy (non-hydrogen) atoms. The van der Waals surface area contributed by atoms with Crippen molar-refractivity contribution in [2.45, 2.75) is 32.6 Å². The average molecular weight is 274 g/mol. The number of unbranched alkanes of at least 4 members (excludes halogenated alkanes) is 2. The van der Waals surface area contributed by atoms with Gasteiger partial charge >= 0.3 is 0 Å². The number of hydrogen-bond acceptors (Lipinski definition) is 0. The Morgan fingerprint density at radius 3 is 2.71 bits per heavy atom. The minimum atomic E-state index is 1.07. The van der Waals surface area contributed by atoms with E-state index in [1.165, 1.54) is 39.8 Å². The van der Waals surface area contributed by atoms with Crippen LogP contribution in [0.25, 0.3) is 16.7 Å². The molecule has 2 aromatic rings. The van der Waals surface area contributed by atoms with Gasteiger partial charge in [-0.25, -0.2) is 0 Å². The molecule has 0 aromatic heterocycles. The van der Waals surface area contributed by atoms with E-state index < -0.39 is 0 Å². The number of rotatable bonds is 5. The average Bonchev–Trinajstić information content (AvgIpc) is 2.90. The SMILES string of the molecule is C=CCCCC=C(C)c1cccc2c1Cc1ccccc1-2. The molecule has 106 valence electrons. The van der Waals surface area contributed by atoms with Crippen molar-refractivity contribution in [2.75, 3.05) is 0 Å². The molecule has 2 aromatic carbocycles. The molecule has 0 heteroatoms. The van der Waals surface area contributed by atoms with Crippen molar-refractivity contribution in [3.05, 3.63) is 77.9 Å². The van der Waals surface area contributed by atoms with Gasteiger partial charge in [-0.05, 0) is 66.0 Å². The molecule has 0 atom stereocenters. The van der Waals surface area contributed by atoms with Gasteiger partial charge in [-0.2, -0.15) is 0 Å². The van der Waals surface area contributed by atoms with E-state index in [-0.39, 0.29) is 0 Å². The highest BCUT2D eigenvalue weighted by Gasteiger charge is 2.20. The van der Waals surface area contributed by atoms with Gasteiger partial charge in [-0.3, -0.25) is 0 Å². The van der Waals surface area contributed by atoms with Crippen LogP contribution in [0.3, 0.4) is 0 Å². The Balaban J connectivity index is 1.91. The minimum absolute atomic E-state index is 1.07. The van der Waals surface area contributed by atoms with Crippen LogP contribution in [0.4, 0.5) is 0 Å². The number of allylic oxidation sites excluding steroid dienone is 3. The first-order valence-corrected chi connectivity index (χ1v) is 7.79. The normalized spacial score (nSPS) is 12.9. The third-order valence-electron chi connectivity index (χ3n) is 4.34. The van der Waals surface area contributed by atoms with Crippen LogP contribution >= 0.6 is 0 Å². The summed E-state index contributed by atoms with van der Waals surface area (Å²) in [6, 6.07) is 15.5. The molecule has 0 spiro atoms. The van der Waals surface area contributed by atoms with E-state index >= 15 is 0 Å². The van der Waals surface area contributed by atoms with Gasteiger partial charge in [0.25, 0.3) is 0 Å². The number of fused-ring (bicyclic) bond motifs is 3. The molecule has 0 saturated carbocycles. The molecule has 0 saturated heterocycles. The van der Waals surface area contributed by atoms with Gasteiger partial charge in [-0.15, -0.1) is 6.58 Å². The van der Waals surface area contributed by atoms with Gasteiger partial charge in [0.15, 0.2) is 0 Å². The molecular weight excluding hydrogens is 252 g/mol. The summed E-state index contributed by atoms with van der Waals surface area (Å²) in [5.74, 6) is 0. The monoisotopic (exact) mass is 274 g/mol. The lowest BCUT2D eigenvalue weighted by molar-refractivity contribution is 0.870. The van der Waals surface area contributed by atoms with Gasteiger partial charge in [0.2, 0.25) is 0 Å². The van der Waals surface area contributed by atoms with Crippen molar-refractivity contribution in [1.82, 2.24) is 0 Å². The molecule has 0 fully saturated rings. The fourth-order valence-corrected chi connectivity index (χ4v) is 3.22. The molecule has 3 rings (SSSR count). The summed E-state index contributed by atoms with van der Waals surface area (Å²) in [4.78, 5) is 0. The first-order chi connectivity index (χ1) is 10.3. The van der Waals surface area contributed by atoms with Crippen molar-refractivity contribution in [2.24, 2.45) is 0 Å². The molecular formula is C21H22. The van der Waals surface area contributed by atoms with Crippen molar-refractivity contribution < 1.29 is 0 Å². The smallest absolute Gasteiger partial charge is 0.000741 e. The van der Waals surface area contributed by atoms with E-state index in [9.17, 15) is 0 Å². The predicted molar refractivity (Wildman–Crippen MR) is 92.4 cm³/mol. The highest BCUT2D eigenvalue weighted by Crippen LogP contribution is 2.39. The second kappa shape index (κ2) is 6.13. The molecule has 0 N–H and O–H groups in total. The summed E-state index contributed by atoms with van der Waals surface area (Å²) < 4.78 is 0. The highest BCUT2D eigenvalue weighted by molar-refractivity contribution is 5.82. The molecule has 0 radical (unpaired) electrons. The van der Waals surface area contributed by atoms with Crippen LogP contribution in [-0.2, 0) is 6.42 Å². The van der Waals surface area contributed by atoms with Crippen LogP contribution in [0, 0.1) is 0 Å². The van der Waals surface area contributed by atoms with Crippen molar-refractivity contribution in [1.29, 1.82) is 0 Å².